The second kappa shape index (κ2) is 12.0. The molecule has 2 N–H and O–H groups in total. The number of fused-ring (bicyclic) bond motifs is 2. The van der Waals surface area contributed by atoms with E-state index in [1.807, 2.05) is 104 Å². The Labute approximate surface area is 226 Å². The van der Waals surface area contributed by atoms with Gasteiger partial charge in [0, 0.05) is 28.4 Å². The van der Waals surface area contributed by atoms with Crippen LogP contribution in [0, 0.1) is 6.92 Å². The van der Waals surface area contributed by atoms with Crippen molar-refractivity contribution in [2.75, 3.05) is 0 Å². The average molecular weight is 517 g/mol. The minimum absolute atomic E-state index is 0.489. The molecule has 6 nitrogen and oxygen atoms in total. The Hall–Kier alpha value is -5.10. The lowest BCUT2D eigenvalue weighted by Gasteiger charge is -2.08. The highest BCUT2D eigenvalue weighted by molar-refractivity contribution is 6.02. The van der Waals surface area contributed by atoms with E-state index in [-0.39, 0.29) is 0 Å². The first-order valence-electron chi connectivity index (χ1n) is 12.6. The molecule has 2 aromatic heterocycles. The summed E-state index contributed by atoms with van der Waals surface area (Å²) in [4.78, 5) is 28.5. The number of benzene rings is 4. The number of ether oxygens (including phenoxy) is 2. The lowest BCUT2D eigenvalue weighted by molar-refractivity contribution is 0.111. The molecule has 0 amide bonds. The summed E-state index contributed by atoms with van der Waals surface area (Å²) in [7, 11) is 0. The first kappa shape index (κ1) is 25.5. The molecular formula is C33H28N2O4. The number of hydrogen-bond donors (Lipinski definition) is 2. The molecule has 6 heteroatoms. The summed E-state index contributed by atoms with van der Waals surface area (Å²) < 4.78 is 11.7. The van der Waals surface area contributed by atoms with Crippen molar-refractivity contribution in [3.05, 3.63) is 131 Å². The molecule has 0 saturated heterocycles. The van der Waals surface area contributed by atoms with E-state index in [1.54, 1.807) is 6.20 Å². The number of carbonyl (C=O) groups excluding carboxylic acids is 2. The van der Waals surface area contributed by atoms with E-state index < -0.39 is 0 Å². The molecule has 0 aliphatic carbocycles. The molecule has 0 unspecified atom stereocenters. The zero-order valence-electron chi connectivity index (χ0n) is 21.5. The van der Waals surface area contributed by atoms with Crippen LogP contribution in [0.15, 0.2) is 103 Å². The van der Waals surface area contributed by atoms with Crippen LogP contribution in [0.5, 0.6) is 11.5 Å². The standard InChI is InChI=1S/C17H15NO2.C16H13NO2/c1-12-14(10-19)17-15(18-12)8-5-9-16(17)20-11-13-6-3-2-4-7-13;18-10-13-9-17-16-14(13)7-4-8-15(16)19-11-12-5-2-1-3-6-12/h2-10,18H,11H2,1H3;1-10,17H,11H2. The summed E-state index contributed by atoms with van der Waals surface area (Å²) in [6.45, 7) is 2.89. The number of aldehydes is 2. The maximum absolute atomic E-state index is 11.3. The van der Waals surface area contributed by atoms with E-state index >= 15 is 0 Å². The molecule has 0 radical (unpaired) electrons. The van der Waals surface area contributed by atoms with Crippen molar-refractivity contribution in [3.63, 3.8) is 0 Å². The number of aryl methyl sites for hydroxylation is 1. The summed E-state index contributed by atoms with van der Waals surface area (Å²) in [6.07, 6.45) is 3.43. The Bertz CT molecular complexity index is 1700. The minimum Gasteiger partial charge on any atom is -0.488 e. The highest BCUT2D eigenvalue weighted by atomic mass is 16.5. The molecule has 0 aliphatic rings. The normalized spacial score (nSPS) is 10.6. The van der Waals surface area contributed by atoms with Gasteiger partial charge < -0.3 is 19.4 Å². The third-order valence-electron chi connectivity index (χ3n) is 6.45. The number of nitrogens with one attached hydrogen (secondary N) is 2. The third-order valence-corrected chi connectivity index (χ3v) is 6.45. The quantitative estimate of drug-likeness (QED) is 0.206. The molecule has 6 aromatic rings. The van der Waals surface area contributed by atoms with Gasteiger partial charge in [-0.05, 0) is 36.2 Å². The number of carbonyl (C=O) groups is 2. The predicted octanol–water partition coefficient (Wildman–Crippen LogP) is 7.43. The topological polar surface area (TPSA) is 84.2 Å². The fourth-order valence-corrected chi connectivity index (χ4v) is 4.47. The molecule has 194 valence electrons. The van der Waals surface area contributed by atoms with Crippen molar-refractivity contribution in [1.82, 2.24) is 9.97 Å². The fourth-order valence-electron chi connectivity index (χ4n) is 4.47. The van der Waals surface area contributed by atoms with Gasteiger partial charge in [-0.25, -0.2) is 0 Å². The average Bonchev–Trinajstić information content (AvgIpc) is 3.56. The molecule has 0 fully saturated rings. The van der Waals surface area contributed by atoms with Crippen LogP contribution < -0.4 is 9.47 Å². The van der Waals surface area contributed by atoms with E-state index in [2.05, 4.69) is 9.97 Å². The molecule has 0 spiro atoms. The van der Waals surface area contributed by atoms with Gasteiger partial charge in [0.1, 0.15) is 24.7 Å². The highest BCUT2D eigenvalue weighted by Gasteiger charge is 2.12. The Morgan fingerprint density at radius 3 is 1.95 bits per heavy atom. The van der Waals surface area contributed by atoms with Gasteiger partial charge in [0.25, 0.3) is 0 Å². The lowest BCUT2D eigenvalue weighted by atomic mass is 10.1. The Morgan fingerprint density at radius 1 is 0.692 bits per heavy atom. The zero-order valence-corrected chi connectivity index (χ0v) is 21.5. The van der Waals surface area contributed by atoms with E-state index in [0.717, 1.165) is 62.7 Å². The van der Waals surface area contributed by atoms with Gasteiger partial charge in [0.15, 0.2) is 12.6 Å². The predicted molar refractivity (Wildman–Crippen MR) is 154 cm³/mol. The van der Waals surface area contributed by atoms with Gasteiger partial charge in [0.2, 0.25) is 0 Å². The van der Waals surface area contributed by atoms with Crippen molar-refractivity contribution in [2.45, 2.75) is 20.1 Å². The zero-order chi connectivity index (χ0) is 27.0. The summed E-state index contributed by atoms with van der Waals surface area (Å²) in [6, 6.07) is 31.4. The van der Waals surface area contributed by atoms with Crippen LogP contribution in [-0.4, -0.2) is 22.5 Å². The van der Waals surface area contributed by atoms with Crippen LogP contribution in [0.1, 0.15) is 37.5 Å². The summed E-state index contributed by atoms with van der Waals surface area (Å²) in [5, 5.41) is 1.75. The van der Waals surface area contributed by atoms with Crippen LogP contribution in [-0.2, 0) is 13.2 Å². The largest absolute Gasteiger partial charge is 0.488 e. The monoisotopic (exact) mass is 516 g/mol. The molecule has 6 rings (SSSR count). The van der Waals surface area contributed by atoms with Crippen LogP contribution in [0.2, 0.25) is 0 Å². The summed E-state index contributed by atoms with van der Waals surface area (Å²) in [5.41, 5.74) is 6.19. The van der Waals surface area contributed by atoms with Gasteiger partial charge in [-0.3, -0.25) is 9.59 Å². The molecule has 4 aromatic carbocycles. The molecule has 0 bridgehead atoms. The molecule has 0 saturated carbocycles. The maximum Gasteiger partial charge on any atom is 0.152 e. The van der Waals surface area contributed by atoms with E-state index in [4.69, 9.17) is 9.47 Å². The van der Waals surface area contributed by atoms with Crippen molar-refractivity contribution in [1.29, 1.82) is 0 Å². The van der Waals surface area contributed by atoms with Crippen molar-refractivity contribution < 1.29 is 19.1 Å². The van der Waals surface area contributed by atoms with Gasteiger partial charge in [0.05, 0.1) is 16.4 Å². The number of H-pyrrole nitrogens is 2. The number of hydrogen-bond acceptors (Lipinski definition) is 4. The number of aromatic nitrogens is 2. The van der Waals surface area contributed by atoms with Crippen LogP contribution in [0.3, 0.4) is 0 Å². The smallest absolute Gasteiger partial charge is 0.152 e. The number of rotatable bonds is 8. The highest BCUT2D eigenvalue weighted by Crippen LogP contribution is 2.31. The lowest BCUT2D eigenvalue weighted by Crippen LogP contribution is -1.96. The maximum atomic E-state index is 11.3. The van der Waals surface area contributed by atoms with Gasteiger partial charge in [-0.15, -0.1) is 0 Å². The summed E-state index contributed by atoms with van der Waals surface area (Å²) in [5.74, 6) is 1.49. The van der Waals surface area contributed by atoms with Gasteiger partial charge in [-0.1, -0.05) is 78.9 Å². The first-order chi connectivity index (χ1) is 19.2. The molecular weight excluding hydrogens is 488 g/mol. The number of aromatic amines is 2. The van der Waals surface area contributed by atoms with Crippen molar-refractivity contribution in [2.24, 2.45) is 0 Å². The van der Waals surface area contributed by atoms with Crippen molar-refractivity contribution in [3.8, 4) is 11.5 Å². The Kier molecular flexibility index (Phi) is 7.84. The van der Waals surface area contributed by atoms with E-state index in [1.165, 1.54) is 0 Å². The molecule has 39 heavy (non-hydrogen) atoms. The molecule has 2 heterocycles. The van der Waals surface area contributed by atoms with Crippen LogP contribution in [0.4, 0.5) is 0 Å². The minimum atomic E-state index is 0.489. The second-order valence-electron chi connectivity index (χ2n) is 9.05. The second-order valence-corrected chi connectivity index (χ2v) is 9.05. The first-order valence-corrected chi connectivity index (χ1v) is 12.6. The van der Waals surface area contributed by atoms with E-state index in [9.17, 15) is 9.59 Å². The molecule has 0 aliphatic heterocycles. The fraction of sp³-hybridized carbons (Fsp3) is 0.0909. The SMILES string of the molecule is Cc1[nH]c2cccc(OCc3ccccc3)c2c1C=O.O=Cc1c[nH]c2c(OCc3ccccc3)cccc12. The van der Waals surface area contributed by atoms with Crippen molar-refractivity contribution >= 4 is 34.4 Å². The van der Waals surface area contributed by atoms with Gasteiger partial charge >= 0.3 is 0 Å². The molecule has 0 atom stereocenters. The Morgan fingerprint density at radius 2 is 1.31 bits per heavy atom. The van der Waals surface area contributed by atoms with Gasteiger partial charge in [-0.2, -0.15) is 0 Å². The Balaban J connectivity index is 0.000000158. The van der Waals surface area contributed by atoms with Crippen LogP contribution in [0.25, 0.3) is 21.8 Å². The number of para-hydroxylation sites is 1. The van der Waals surface area contributed by atoms with E-state index in [0.29, 0.717) is 24.3 Å². The summed E-state index contributed by atoms with van der Waals surface area (Å²) >= 11 is 0. The third kappa shape index (κ3) is 5.75. The van der Waals surface area contributed by atoms with Crippen LogP contribution >= 0.6 is 0 Å².